The lowest BCUT2D eigenvalue weighted by Crippen LogP contribution is -2.44. The van der Waals surface area contributed by atoms with Gasteiger partial charge in [0.1, 0.15) is 23.7 Å². The van der Waals surface area contributed by atoms with Crippen LogP contribution in [0, 0.1) is 6.92 Å². The van der Waals surface area contributed by atoms with Crippen LogP contribution < -0.4 is 5.56 Å². The Balaban J connectivity index is 0.000000197. The number of para-hydroxylation sites is 1. The van der Waals surface area contributed by atoms with Crippen LogP contribution in [-0.4, -0.2) is 43.4 Å². The van der Waals surface area contributed by atoms with E-state index >= 15 is 0 Å². The van der Waals surface area contributed by atoms with Gasteiger partial charge in [-0.3, -0.25) is 4.79 Å². The van der Waals surface area contributed by atoms with Crippen molar-refractivity contribution in [2.75, 3.05) is 6.61 Å². The van der Waals surface area contributed by atoms with Gasteiger partial charge >= 0.3 is 11.9 Å². The van der Waals surface area contributed by atoms with Gasteiger partial charge in [-0.1, -0.05) is 25.1 Å². The summed E-state index contributed by atoms with van der Waals surface area (Å²) in [7, 11) is 0. The van der Waals surface area contributed by atoms with E-state index in [1.54, 1.807) is 31.4 Å². The fourth-order valence-corrected chi connectivity index (χ4v) is 5.14. The highest BCUT2D eigenvalue weighted by Gasteiger charge is 2.45. The van der Waals surface area contributed by atoms with Gasteiger partial charge in [-0.25, -0.2) is 14.6 Å². The Kier molecular flexibility index (Phi) is 6.80. The third-order valence-corrected chi connectivity index (χ3v) is 7.20. The van der Waals surface area contributed by atoms with Crippen molar-refractivity contribution in [2.24, 2.45) is 0 Å². The third kappa shape index (κ3) is 4.36. The van der Waals surface area contributed by atoms with E-state index < -0.39 is 17.5 Å². The van der Waals surface area contributed by atoms with E-state index in [2.05, 4.69) is 0 Å². The summed E-state index contributed by atoms with van der Waals surface area (Å²) in [5.74, 6) is -1.63. The highest BCUT2D eigenvalue weighted by molar-refractivity contribution is 5.94. The number of phenolic OH excluding ortho intramolecular Hbond substituents is 2. The largest absolute Gasteiger partial charge is 0.508 e. The Labute approximate surface area is 229 Å². The van der Waals surface area contributed by atoms with Crippen molar-refractivity contribution in [3.05, 3.63) is 86.7 Å². The van der Waals surface area contributed by atoms with Crippen LogP contribution in [0.5, 0.6) is 11.5 Å². The molecule has 10 heteroatoms. The molecule has 0 saturated heterocycles. The number of benzene rings is 2. The van der Waals surface area contributed by atoms with Crippen LogP contribution in [0.4, 0.5) is 0 Å². The predicted molar refractivity (Wildman–Crippen MR) is 145 cm³/mol. The number of carbonyl (C=O) groups excluding carboxylic acids is 2. The SMILES string of the molecule is CCC1(O)C(=O)OCc2c1cc1n(c2=O)Cc2cc3ccccc3nc2-1.CCOC(=O)c1c(C)cc(O)cc1O. The van der Waals surface area contributed by atoms with Gasteiger partial charge in [0.15, 0.2) is 5.60 Å². The van der Waals surface area contributed by atoms with Crippen LogP contribution in [0.15, 0.2) is 53.3 Å². The molecule has 0 bridgehead atoms. The summed E-state index contributed by atoms with van der Waals surface area (Å²) in [4.78, 5) is 41.2. The summed E-state index contributed by atoms with van der Waals surface area (Å²) in [5, 5.41) is 30.4. The van der Waals surface area contributed by atoms with E-state index in [-0.39, 0.29) is 42.3 Å². The second kappa shape index (κ2) is 10.1. The normalized spacial score (nSPS) is 16.8. The van der Waals surface area contributed by atoms with Crippen LogP contribution >= 0.6 is 0 Å². The third-order valence-electron chi connectivity index (χ3n) is 7.20. The van der Waals surface area contributed by atoms with Gasteiger partial charge in [-0.2, -0.15) is 0 Å². The number of fused-ring (bicyclic) bond motifs is 5. The number of phenols is 2. The number of carbonyl (C=O) groups is 2. The minimum absolute atomic E-state index is 0.0759. The van der Waals surface area contributed by atoms with Gasteiger partial charge in [0.25, 0.3) is 5.56 Å². The van der Waals surface area contributed by atoms with Crippen molar-refractivity contribution < 1.29 is 34.4 Å². The Morgan fingerprint density at radius 3 is 2.58 bits per heavy atom. The molecule has 4 heterocycles. The number of esters is 2. The van der Waals surface area contributed by atoms with Crippen LogP contribution in [0.2, 0.25) is 0 Å². The Morgan fingerprint density at radius 2 is 1.88 bits per heavy atom. The Hall–Kier alpha value is -4.70. The molecule has 0 saturated carbocycles. The number of hydrogen-bond donors (Lipinski definition) is 3. The van der Waals surface area contributed by atoms with Gasteiger partial charge in [-0.05, 0) is 50.1 Å². The standard InChI is InChI=1S/C20H16N2O4.C10H12O4/c1-2-20(25)14-8-16-17-12(7-11-5-3-4-6-15(11)21-17)9-22(16)18(23)13(14)10-26-19(20)24;1-3-14-10(13)9-6(2)4-7(11)5-8(9)12/h3-8,25H,2,9-10H2,1H3;4-5,11-12H,3H2,1-2H3. The van der Waals surface area contributed by atoms with Crippen molar-refractivity contribution in [1.29, 1.82) is 0 Å². The van der Waals surface area contributed by atoms with E-state index in [1.807, 2.05) is 30.3 Å². The molecule has 2 aromatic carbocycles. The zero-order valence-corrected chi connectivity index (χ0v) is 22.2. The average molecular weight is 545 g/mol. The zero-order valence-electron chi connectivity index (χ0n) is 22.2. The van der Waals surface area contributed by atoms with Crippen molar-refractivity contribution >= 4 is 22.8 Å². The maximum absolute atomic E-state index is 13.0. The zero-order chi connectivity index (χ0) is 28.8. The highest BCUT2D eigenvalue weighted by atomic mass is 16.6. The fraction of sp³-hybridized carbons (Fsp3) is 0.267. The van der Waals surface area contributed by atoms with Gasteiger partial charge < -0.3 is 29.4 Å². The molecule has 1 unspecified atom stereocenters. The molecule has 3 N–H and O–H groups in total. The van der Waals surface area contributed by atoms with Crippen molar-refractivity contribution in [2.45, 2.75) is 45.9 Å². The fourth-order valence-electron chi connectivity index (χ4n) is 5.14. The minimum atomic E-state index is -1.79. The molecule has 0 spiro atoms. The molecule has 2 aliphatic rings. The first-order valence-corrected chi connectivity index (χ1v) is 12.8. The number of rotatable bonds is 3. The maximum Gasteiger partial charge on any atom is 0.343 e. The molecule has 0 aliphatic carbocycles. The van der Waals surface area contributed by atoms with Crippen LogP contribution in [0.25, 0.3) is 22.3 Å². The summed E-state index contributed by atoms with van der Waals surface area (Å²) in [5.41, 5.74) is 2.40. The number of aryl methyl sites for hydroxylation is 1. The van der Waals surface area contributed by atoms with Gasteiger partial charge in [0.2, 0.25) is 0 Å². The first-order valence-electron chi connectivity index (χ1n) is 12.8. The predicted octanol–water partition coefficient (Wildman–Crippen LogP) is 3.66. The molecule has 40 heavy (non-hydrogen) atoms. The summed E-state index contributed by atoms with van der Waals surface area (Å²) >= 11 is 0. The Morgan fingerprint density at radius 1 is 1.12 bits per heavy atom. The molecular weight excluding hydrogens is 516 g/mol. The molecular formula is C30H28N2O8. The molecule has 1 atom stereocenters. The lowest BCUT2D eigenvalue weighted by molar-refractivity contribution is -0.172. The molecule has 0 fully saturated rings. The quantitative estimate of drug-likeness (QED) is 0.289. The van der Waals surface area contributed by atoms with Gasteiger partial charge in [0.05, 0.1) is 35.6 Å². The molecule has 2 aliphatic heterocycles. The molecule has 6 rings (SSSR count). The summed E-state index contributed by atoms with van der Waals surface area (Å²) in [6.45, 7) is 5.56. The van der Waals surface area contributed by atoms with E-state index in [0.717, 1.165) is 28.2 Å². The minimum Gasteiger partial charge on any atom is -0.508 e. The van der Waals surface area contributed by atoms with Crippen molar-refractivity contribution in [1.82, 2.24) is 9.55 Å². The lowest BCUT2D eigenvalue weighted by Gasteiger charge is -2.31. The van der Waals surface area contributed by atoms with E-state index in [0.29, 0.717) is 28.9 Å². The number of aliphatic hydroxyl groups is 1. The molecule has 10 nitrogen and oxygen atoms in total. The topological polar surface area (TPSA) is 148 Å². The van der Waals surface area contributed by atoms with E-state index in [9.17, 15) is 24.6 Å². The van der Waals surface area contributed by atoms with E-state index in [4.69, 9.17) is 19.6 Å². The monoisotopic (exact) mass is 544 g/mol. The molecule has 4 aromatic rings. The van der Waals surface area contributed by atoms with Crippen LogP contribution in [-0.2, 0) is 33.0 Å². The van der Waals surface area contributed by atoms with Gasteiger partial charge in [-0.15, -0.1) is 0 Å². The first kappa shape index (κ1) is 26.9. The first-order chi connectivity index (χ1) is 19.1. The number of nitrogens with zero attached hydrogens (tertiary/aromatic N) is 2. The van der Waals surface area contributed by atoms with Crippen LogP contribution in [0.1, 0.15) is 52.9 Å². The second-order valence-corrected chi connectivity index (χ2v) is 9.67. The Bertz CT molecular complexity index is 1720. The van der Waals surface area contributed by atoms with E-state index in [1.165, 1.54) is 6.07 Å². The average Bonchev–Trinajstić information content (AvgIpc) is 3.27. The lowest BCUT2D eigenvalue weighted by atomic mass is 9.86. The molecule has 0 amide bonds. The number of ether oxygens (including phenoxy) is 2. The molecule has 206 valence electrons. The molecule has 2 aromatic heterocycles. The highest BCUT2D eigenvalue weighted by Crippen LogP contribution is 2.38. The number of aromatic nitrogens is 2. The number of pyridine rings is 2. The smallest absolute Gasteiger partial charge is 0.343 e. The number of cyclic esters (lactones) is 1. The second-order valence-electron chi connectivity index (χ2n) is 9.67. The maximum atomic E-state index is 13.0. The summed E-state index contributed by atoms with van der Waals surface area (Å²) in [6, 6.07) is 14.1. The van der Waals surface area contributed by atoms with Crippen molar-refractivity contribution in [3.63, 3.8) is 0 Å². The number of hydrogen-bond acceptors (Lipinski definition) is 9. The number of aromatic hydroxyl groups is 2. The molecule has 0 radical (unpaired) electrons. The van der Waals surface area contributed by atoms with Crippen LogP contribution in [0.3, 0.4) is 0 Å². The summed E-state index contributed by atoms with van der Waals surface area (Å²) < 4.78 is 11.5. The van der Waals surface area contributed by atoms with Crippen molar-refractivity contribution in [3.8, 4) is 22.9 Å². The van der Waals surface area contributed by atoms with Gasteiger partial charge in [0, 0.05) is 22.6 Å². The summed E-state index contributed by atoms with van der Waals surface area (Å²) in [6.07, 6.45) is 0.139.